The van der Waals surface area contributed by atoms with Crippen molar-refractivity contribution < 1.29 is 27.5 Å². The Morgan fingerprint density at radius 2 is 1.29 bits per heavy atom. The fraction of sp³-hybridized carbons (Fsp3) is 0.311. The molecule has 6 aromatic carbocycles. The number of fused-ring (bicyclic) bond motifs is 1. The minimum absolute atomic E-state index is 0. The van der Waals surface area contributed by atoms with Crippen LogP contribution in [0.2, 0.25) is 0 Å². The predicted molar refractivity (Wildman–Crippen MR) is 275 cm³/mol. The number of aromatic nitrogens is 3. The van der Waals surface area contributed by atoms with E-state index in [1.807, 2.05) is 38.2 Å². The number of nitrogens with zero attached hydrogens (tertiary/aromatic N) is 3. The number of para-hydroxylation sites is 1. The summed E-state index contributed by atoms with van der Waals surface area (Å²) in [5, 5.41) is 12.5. The molecular formula is C61H66N3OPt-. The summed E-state index contributed by atoms with van der Waals surface area (Å²) in [5.41, 5.74) is 16.4. The van der Waals surface area contributed by atoms with E-state index in [0.29, 0.717) is 17.3 Å². The van der Waals surface area contributed by atoms with Crippen LogP contribution >= 0.6 is 0 Å². The molecule has 0 aliphatic heterocycles. The van der Waals surface area contributed by atoms with Crippen LogP contribution in [0.3, 0.4) is 0 Å². The third-order valence-corrected chi connectivity index (χ3v) is 12.6. The Morgan fingerprint density at radius 3 is 1.92 bits per heavy atom. The van der Waals surface area contributed by atoms with Gasteiger partial charge in [-0.15, -0.1) is 29.3 Å². The van der Waals surface area contributed by atoms with Gasteiger partial charge < -0.3 is 5.11 Å². The van der Waals surface area contributed by atoms with Crippen molar-refractivity contribution in [3.63, 3.8) is 0 Å². The van der Waals surface area contributed by atoms with Crippen LogP contribution in [0.5, 0.6) is 5.75 Å². The van der Waals surface area contributed by atoms with Crippen LogP contribution in [-0.2, 0) is 43.7 Å². The molecule has 0 unspecified atom stereocenters. The maximum Gasteiger partial charge on any atom is 0.148 e. The van der Waals surface area contributed by atoms with E-state index in [-0.39, 0.29) is 43.1 Å². The Kier molecular flexibility index (Phi) is 13.2. The van der Waals surface area contributed by atoms with Gasteiger partial charge in [-0.05, 0) is 104 Å². The van der Waals surface area contributed by atoms with Crippen molar-refractivity contribution in [1.82, 2.24) is 14.5 Å². The monoisotopic (exact) mass is 1050 g/mol. The molecule has 0 aliphatic rings. The van der Waals surface area contributed by atoms with Crippen LogP contribution in [0.15, 0.2) is 134 Å². The molecule has 0 aliphatic carbocycles. The molecule has 0 spiro atoms. The minimum Gasteiger partial charge on any atom is -0.507 e. The molecule has 0 bridgehead atoms. The molecule has 0 saturated heterocycles. The summed E-state index contributed by atoms with van der Waals surface area (Å²) in [6.45, 7) is 28.3. The Labute approximate surface area is 410 Å². The number of imidazole rings is 1. The molecule has 0 radical (unpaired) electrons. The van der Waals surface area contributed by atoms with Gasteiger partial charge in [0.15, 0.2) is 0 Å². The third kappa shape index (κ3) is 9.91. The Morgan fingerprint density at radius 1 is 0.621 bits per heavy atom. The van der Waals surface area contributed by atoms with Crippen molar-refractivity contribution in [3.8, 4) is 67.5 Å². The average molecular weight is 1050 g/mol. The summed E-state index contributed by atoms with van der Waals surface area (Å²) in [5.74, 6) is 0.711. The summed E-state index contributed by atoms with van der Waals surface area (Å²) in [6, 6.07) is 49.0. The minimum atomic E-state index is -0.671. The number of hydrogen-bond acceptors (Lipinski definition) is 3. The van der Waals surface area contributed by atoms with E-state index < -0.39 is 5.89 Å². The van der Waals surface area contributed by atoms with E-state index in [4.69, 9.17) is 11.3 Å². The molecular weight excluding hydrogens is 986 g/mol. The first-order chi connectivity index (χ1) is 31.0. The number of phenols is 1. The number of benzene rings is 6. The number of phenolic OH excluding ortho intramolecular Hbond substituents is 1. The second kappa shape index (κ2) is 18.6. The van der Waals surface area contributed by atoms with E-state index >= 15 is 0 Å². The van der Waals surface area contributed by atoms with Crippen molar-refractivity contribution in [3.05, 3.63) is 167 Å². The summed E-state index contributed by atoms with van der Waals surface area (Å²) in [4.78, 5) is 10.6. The number of pyridine rings is 1. The van der Waals surface area contributed by atoms with E-state index in [9.17, 15) is 5.11 Å². The molecule has 0 saturated carbocycles. The molecule has 342 valence electrons. The van der Waals surface area contributed by atoms with E-state index in [0.717, 1.165) is 78.9 Å². The van der Waals surface area contributed by atoms with Crippen molar-refractivity contribution in [2.24, 2.45) is 5.92 Å². The molecule has 0 amide bonds. The van der Waals surface area contributed by atoms with Gasteiger partial charge in [0, 0.05) is 45.6 Å². The van der Waals surface area contributed by atoms with Crippen LogP contribution in [0.25, 0.3) is 72.7 Å². The van der Waals surface area contributed by atoms with Crippen LogP contribution in [-0.4, -0.2) is 19.6 Å². The molecule has 0 atom stereocenters. The van der Waals surface area contributed by atoms with Crippen LogP contribution in [0, 0.1) is 12.0 Å². The molecule has 5 heteroatoms. The zero-order valence-electron chi connectivity index (χ0n) is 42.1. The zero-order valence-corrected chi connectivity index (χ0v) is 43.4. The predicted octanol–water partition coefficient (Wildman–Crippen LogP) is 16.5. The largest absolute Gasteiger partial charge is 0.507 e. The Balaban J connectivity index is 0.00000666. The summed E-state index contributed by atoms with van der Waals surface area (Å²) in [6.07, 6.45) is 2.78. The van der Waals surface area contributed by atoms with Crippen molar-refractivity contribution in [2.75, 3.05) is 0 Å². The van der Waals surface area contributed by atoms with Crippen LogP contribution < -0.4 is 0 Å². The van der Waals surface area contributed by atoms with Gasteiger partial charge in [-0.1, -0.05) is 186 Å². The van der Waals surface area contributed by atoms with Gasteiger partial charge in [0.1, 0.15) is 11.6 Å². The van der Waals surface area contributed by atoms with Gasteiger partial charge >= 0.3 is 0 Å². The zero-order chi connectivity index (χ0) is 47.5. The molecule has 4 nitrogen and oxygen atoms in total. The second-order valence-corrected chi connectivity index (χ2v) is 21.6. The number of hydrogen-bond donors (Lipinski definition) is 1. The fourth-order valence-corrected chi connectivity index (χ4v) is 8.83. The topological polar surface area (TPSA) is 50.9 Å². The summed E-state index contributed by atoms with van der Waals surface area (Å²) < 4.78 is 10.8. The normalized spacial score (nSPS) is 12.7. The number of rotatable bonds is 9. The van der Waals surface area contributed by atoms with E-state index in [2.05, 4.69) is 196 Å². The molecule has 1 N–H and O–H groups in total. The summed E-state index contributed by atoms with van der Waals surface area (Å²) >= 11 is 0. The quantitative estimate of drug-likeness (QED) is 0.147. The fourth-order valence-electron chi connectivity index (χ4n) is 8.83. The van der Waals surface area contributed by atoms with Gasteiger partial charge in [-0.2, -0.15) is 0 Å². The van der Waals surface area contributed by atoms with Gasteiger partial charge in [0.05, 0.1) is 16.6 Å². The second-order valence-electron chi connectivity index (χ2n) is 21.6. The standard InChI is InChI=1S/C61H66N3O.Pt/c1-38(2)30-44-34-49(26-27-50(44)42-18-15-14-16-19-42)64-55-21-17-20-51(56(55)63-58(64)52-36-48(60(8,9)10)37-53(57(52)65)61(11,12)13)45-31-46(33-47(32-45)59(5,6)7)54-35-43(28-29-62-54)41-24-22-40(23-25-41)39(3)4;/h14-29,32-39,65H,30H2,1-13H3;/q-1;/i39D;. The van der Waals surface area contributed by atoms with Gasteiger partial charge in [-0.25, -0.2) is 4.98 Å². The summed E-state index contributed by atoms with van der Waals surface area (Å²) in [7, 11) is 0. The first-order valence-corrected chi connectivity index (χ1v) is 23.2. The molecule has 8 rings (SSSR count). The molecule has 2 heterocycles. The average Bonchev–Trinajstić information content (AvgIpc) is 3.65. The smallest absolute Gasteiger partial charge is 0.148 e. The van der Waals surface area contributed by atoms with Gasteiger partial charge in [0.25, 0.3) is 0 Å². The Hall–Kier alpha value is -5.57. The Bertz CT molecular complexity index is 3060. The maximum absolute atomic E-state index is 12.5. The van der Waals surface area contributed by atoms with Crippen LogP contribution in [0.4, 0.5) is 0 Å². The van der Waals surface area contributed by atoms with Crippen molar-refractivity contribution in [1.29, 1.82) is 0 Å². The first kappa shape index (κ1) is 46.9. The first-order valence-electron chi connectivity index (χ1n) is 23.7. The maximum atomic E-state index is 12.5. The molecule has 0 fully saturated rings. The van der Waals surface area contributed by atoms with Gasteiger partial charge in [0.2, 0.25) is 0 Å². The van der Waals surface area contributed by atoms with E-state index in [1.165, 1.54) is 16.7 Å². The van der Waals surface area contributed by atoms with Crippen LogP contribution in [0.1, 0.15) is 125 Å². The van der Waals surface area contributed by atoms with Crippen molar-refractivity contribution in [2.45, 2.75) is 119 Å². The SMILES string of the molecule is [2H]C(C)(C)c1ccc(-c2ccnc(-c3[c-]c(-c4cccc5c4nc(-c4cc(C(C)(C)C)cc(C(C)(C)C)c4O)n5-c4ccc(-c5ccccc5)c(CC(C)C)c4)cc(C(C)(C)C)c3)c2)cc1.[Pt]. The number of aromatic hydroxyl groups is 1. The van der Waals surface area contributed by atoms with Crippen molar-refractivity contribution >= 4 is 11.0 Å². The third-order valence-electron chi connectivity index (χ3n) is 12.6. The molecule has 66 heavy (non-hydrogen) atoms. The van der Waals surface area contributed by atoms with E-state index in [1.54, 1.807) is 0 Å². The molecule has 2 aromatic heterocycles. The van der Waals surface area contributed by atoms with Gasteiger partial charge in [-0.3, -0.25) is 9.55 Å². The molecule has 8 aromatic rings.